The standard InChI is InChI=1S/C19H29N3O3S/c1-3-21-9-11-22(12-10-21)13-16(23)20-18-17(19(24)25-4-2)14-7-5-6-8-15(14)26-18/h3-13H2,1-2H3,(H,20,23)/p+2. The zero-order valence-electron chi connectivity index (χ0n) is 15.9. The molecular weight excluding hydrogens is 350 g/mol. The van der Waals surface area contributed by atoms with Gasteiger partial charge in [0.1, 0.15) is 31.2 Å². The van der Waals surface area contributed by atoms with Crippen LogP contribution in [-0.4, -0.2) is 57.8 Å². The third-order valence-electron chi connectivity index (χ3n) is 5.48. The van der Waals surface area contributed by atoms with Crippen LogP contribution in [0.25, 0.3) is 0 Å². The second-order valence-corrected chi connectivity index (χ2v) is 8.32. The summed E-state index contributed by atoms with van der Waals surface area (Å²) in [6.45, 7) is 10.3. The van der Waals surface area contributed by atoms with E-state index in [0.717, 1.165) is 64.0 Å². The van der Waals surface area contributed by atoms with Crippen molar-refractivity contribution in [1.29, 1.82) is 0 Å². The van der Waals surface area contributed by atoms with Crippen molar-refractivity contribution in [3.63, 3.8) is 0 Å². The van der Waals surface area contributed by atoms with Gasteiger partial charge in [-0.25, -0.2) is 4.79 Å². The molecule has 1 amide bonds. The van der Waals surface area contributed by atoms with Gasteiger partial charge in [-0.15, -0.1) is 11.3 Å². The number of thiophene rings is 1. The first-order valence-corrected chi connectivity index (χ1v) is 10.7. The lowest BCUT2D eigenvalue weighted by Crippen LogP contribution is -3.28. The number of carbonyl (C=O) groups excluding carboxylic acids is 2. The maximum absolute atomic E-state index is 12.6. The van der Waals surface area contributed by atoms with Gasteiger partial charge in [0.2, 0.25) is 0 Å². The molecule has 0 bridgehead atoms. The number of hydrogen-bond donors (Lipinski definition) is 3. The summed E-state index contributed by atoms with van der Waals surface area (Å²) in [5.74, 6) is -0.293. The van der Waals surface area contributed by atoms with Gasteiger partial charge >= 0.3 is 5.97 Å². The number of quaternary nitrogens is 2. The molecule has 0 aromatic carbocycles. The molecule has 1 aromatic rings. The van der Waals surface area contributed by atoms with Crippen LogP contribution in [0.2, 0.25) is 0 Å². The van der Waals surface area contributed by atoms with Gasteiger partial charge in [0, 0.05) is 4.88 Å². The Kier molecular flexibility index (Phi) is 6.67. The minimum Gasteiger partial charge on any atom is -0.462 e. The Hall–Kier alpha value is -1.44. The zero-order chi connectivity index (χ0) is 18.5. The van der Waals surface area contributed by atoms with E-state index in [2.05, 4.69) is 12.2 Å². The third-order valence-corrected chi connectivity index (χ3v) is 6.69. The van der Waals surface area contributed by atoms with Crippen LogP contribution >= 0.6 is 11.3 Å². The molecule has 144 valence electrons. The number of ether oxygens (including phenoxy) is 1. The Morgan fingerprint density at radius 3 is 2.46 bits per heavy atom. The van der Waals surface area contributed by atoms with Gasteiger partial charge in [-0.1, -0.05) is 0 Å². The summed E-state index contributed by atoms with van der Waals surface area (Å²) >= 11 is 1.56. The summed E-state index contributed by atoms with van der Waals surface area (Å²) in [5, 5.41) is 3.72. The molecular formula is C19H31N3O3S+2. The number of rotatable bonds is 6. The first-order valence-electron chi connectivity index (χ1n) is 9.91. The van der Waals surface area contributed by atoms with Crippen molar-refractivity contribution < 1.29 is 24.1 Å². The van der Waals surface area contributed by atoms with Crippen molar-refractivity contribution in [3.05, 3.63) is 16.0 Å². The Bertz CT molecular complexity index is 651. The molecule has 1 fully saturated rings. The highest BCUT2D eigenvalue weighted by atomic mass is 32.1. The van der Waals surface area contributed by atoms with E-state index in [-0.39, 0.29) is 11.9 Å². The molecule has 1 aliphatic carbocycles. The van der Waals surface area contributed by atoms with E-state index in [1.54, 1.807) is 16.2 Å². The van der Waals surface area contributed by atoms with E-state index in [0.29, 0.717) is 23.7 Å². The summed E-state index contributed by atoms with van der Waals surface area (Å²) in [6, 6.07) is 0. The summed E-state index contributed by atoms with van der Waals surface area (Å²) in [6.07, 6.45) is 4.15. The average molecular weight is 382 g/mol. The number of esters is 1. The fourth-order valence-electron chi connectivity index (χ4n) is 3.96. The van der Waals surface area contributed by atoms with Crippen molar-refractivity contribution in [2.24, 2.45) is 0 Å². The van der Waals surface area contributed by atoms with E-state index >= 15 is 0 Å². The molecule has 0 saturated carbocycles. The molecule has 1 aromatic heterocycles. The van der Waals surface area contributed by atoms with Gasteiger partial charge in [-0.2, -0.15) is 0 Å². The molecule has 0 atom stereocenters. The smallest absolute Gasteiger partial charge is 0.341 e. The molecule has 1 aliphatic heterocycles. The number of amides is 1. The Balaban J connectivity index is 1.67. The number of fused-ring (bicyclic) bond motifs is 1. The van der Waals surface area contributed by atoms with E-state index < -0.39 is 0 Å². The van der Waals surface area contributed by atoms with E-state index in [1.807, 2.05) is 6.92 Å². The number of piperazine rings is 1. The lowest BCUT2D eigenvalue weighted by Gasteiger charge is -2.28. The second kappa shape index (κ2) is 8.97. The van der Waals surface area contributed by atoms with Crippen LogP contribution in [0.4, 0.5) is 5.00 Å². The van der Waals surface area contributed by atoms with Gasteiger partial charge in [0.15, 0.2) is 6.54 Å². The summed E-state index contributed by atoms with van der Waals surface area (Å²) in [7, 11) is 0. The number of carbonyl (C=O) groups is 2. The van der Waals surface area contributed by atoms with Gasteiger partial charge in [-0.3, -0.25) is 4.79 Å². The summed E-state index contributed by atoms with van der Waals surface area (Å²) < 4.78 is 5.26. The predicted octanol–water partition coefficient (Wildman–Crippen LogP) is -0.455. The number of hydrogen-bond acceptors (Lipinski definition) is 4. The monoisotopic (exact) mass is 381 g/mol. The molecule has 0 unspecified atom stereocenters. The lowest BCUT2D eigenvalue weighted by molar-refractivity contribution is -1.01. The molecule has 1 saturated heterocycles. The van der Waals surface area contributed by atoms with Gasteiger partial charge in [0.05, 0.1) is 18.7 Å². The maximum Gasteiger partial charge on any atom is 0.341 e. The summed E-state index contributed by atoms with van der Waals surface area (Å²) in [5.41, 5.74) is 1.71. The van der Waals surface area contributed by atoms with Crippen molar-refractivity contribution in [1.82, 2.24) is 0 Å². The maximum atomic E-state index is 12.6. The molecule has 3 rings (SSSR count). The highest BCUT2D eigenvalue weighted by Crippen LogP contribution is 2.38. The highest BCUT2D eigenvalue weighted by molar-refractivity contribution is 7.17. The third kappa shape index (κ3) is 4.45. The first-order chi connectivity index (χ1) is 12.6. The normalized spacial score (nSPS) is 22.5. The molecule has 3 N–H and O–H groups in total. The number of likely N-dealkylation sites (N-methyl/N-ethyl adjacent to an activating group) is 1. The van der Waals surface area contributed by atoms with E-state index in [1.165, 1.54) is 9.78 Å². The van der Waals surface area contributed by atoms with Crippen molar-refractivity contribution >= 4 is 28.2 Å². The second-order valence-electron chi connectivity index (χ2n) is 7.21. The van der Waals surface area contributed by atoms with Crippen molar-refractivity contribution in [2.75, 3.05) is 51.2 Å². The van der Waals surface area contributed by atoms with Crippen LogP contribution in [0.1, 0.15) is 47.5 Å². The topological polar surface area (TPSA) is 64.3 Å². The molecule has 7 heteroatoms. The molecule has 2 heterocycles. The van der Waals surface area contributed by atoms with Crippen molar-refractivity contribution in [2.45, 2.75) is 39.5 Å². The van der Waals surface area contributed by atoms with Crippen LogP contribution in [0.5, 0.6) is 0 Å². The first kappa shape index (κ1) is 19.3. The molecule has 2 aliphatic rings. The largest absolute Gasteiger partial charge is 0.462 e. The quantitative estimate of drug-likeness (QED) is 0.585. The van der Waals surface area contributed by atoms with E-state index in [4.69, 9.17) is 4.74 Å². The molecule has 0 spiro atoms. The Labute approximate surface area is 159 Å². The lowest BCUT2D eigenvalue weighted by atomic mass is 9.95. The average Bonchev–Trinajstić information content (AvgIpc) is 3.00. The highest BCUT2D eigenvalue weighted by Gasteiger charge is 2.29. The number of aryl methyl sites for hydroxylation is 1. The molecule has 6 nitrogen and oxygen atoms in total. The van der Waals surface area contributed by atoms with Crippen LogP contribution in [0.15, 0.2) is 0 Å². The van der Waals surface area contributed by atoms with E-state index in [9.17, 15) is 9.59 Å². The van der Waals surface area contributed by atoms with Crippen LogP contribution in [0, 0.1) is 0 Å². The SMILES string of the molecule is CCOC(=O)c1c(NC(=O)C[NH+]2CC[NH+](CC)CC2)sc2c1CCCC2. The Morgan fingerprint density at radius 1 is 1.08 bits per heavy atom. The number of nitrogens with one attached hydrogen (secondary N) is 3. The van der Waals surface area contributed by atoms with Crippen molar-refractivity contribution in [3.8, 4) is 0 Å². The van der Waals surface area contributed by atoms with Crippen LogP contribution < -0.4 is 15.1 Å². The minimum atomic E-state index is -0.297. The molecule has 0 radical (unpaired) electrons. The van der Waals surface area contributed by atoms with Gasteiger partial charge in [0.25, 0.3) is 5.91 Å². The van der Waals surface area contributed by atoms with Gasteiger partial charge in [-0.05, 0) is 45.1 Å². The number of anilines is 1. The Morgan fingerprint density at radius 2 is 1.77 bits per heavy atom. The fraction of sp³-hybridized carbons (Fsp3) is 0.684. The van der Waals surface area contributed by atoms with Crippen LogP contribution in [0.3, 0.4) is 0 Å². The van der Waals surface area contributed by atoms with Crippen LogP contribution in [-0.2, 0) is 22.4 Å². The van der Waals surface area contributed by atoms with Gasteiger partial charge < -0.3 is 19.9 Å². The zero-order valence-corrected chi connectivity index (χ0v) is 16.7. The predicted molar refractivity (Wildman–Crippen MR) is 102 cm³/mol. The fourth-order valence-corrected chi connectivity index (χ4v) is 5.25. The summed E-state index contributed by atoms with van der Waals surface area (Å²) in [4.78, 5) is 29.2. The molecule has 26 heavy (non-hydrogen) atoms. The minimum absolute atomic E-state index is 0.00379.